The molecule has 3 aromatic heterocycles. The molecule has 6 heterocycles. The predicted molar refractivity (Wildman–Crippen MR) is 167 cm³/mol. The third kappa shape index (κ3) is 5.15. The number of hydrogen-bond donors (Lipinski definition) is 2. The fourth-order valence-electron chi connectivity index (χ4n) is 6.38. The van der Waals surface area contributed by atoms with Crippen molar-refractivity contribution in [1.29, 1.82) is 0 Å². The van der Waals surface area contributed by atoms with Gasteiger partial charge in [-0.1, -0.05) is 6.07 Å². The Morgan fingerprint density at radius 3 is 2.54 bits per heavy atom. The highest BCUT2D eigenvalue weighted by atomic mass is 19.1. The number of fused-ring (bicyclic) bond motifs is 2. The average Bonchev–Trinajstić information content (AvgIpc) is 3.73. The van der Waals surface area contributed by atoms with Crippen LogP contribution < -0.4 is 20.3 Å². The van der Waals surface area contributed by atoms with Crippen LogP contribution >= 0.6 is 0 Å². The number of furan rings is 1. The molecule has 5 amide bonds. The van der Waals surface area contributed by atoms with Crippen molar-refractivity contribution in [2.24, 2.45) is 0 Å². The van der Waals surface area contributed by atoms with E-state index in [1.54, 1.807) is 30.5 Å². The number of pyridine rings is 2. The van der Waals surface area contributed by atoms with Crippen molar-refractivity contribution in [2.45, 2.75) is 31.6 Å². The van der Waals surface area contributed by atoms with Crippen molar-refractivity contribution < 1.29 is 37.1 Å². The number of ether oxygens (including phenoxy) is 1. The number of hydrogen-bond acceptors (Lipinski definition) is 9. The Kier molecular flexibility index (Phi) is 7.29. The van der Waals surface area contributed by atoms with Gasteiger partial charge >= 0.3 is 6.03 Å². The Balaban J connectivity index is 1.15. The van der Waals surface area contributed by atoms with E-state index in [9.17, 15) is 23.6 Å². The first kappa shape index (κ1) is 31.0. The van der Waals surface area contributed by atoms with Gasteiger partial charge in [-0.25, -0.2) is 23.5 Å². The Bertz CT molecular complexity index is 2000. The highest BCUT2D eigenvalue weighted by Crippen LogP contribution is 2.36. The van der Waals surface area contributed by atoms with Crippen molar-refractivity contribution in [3.8, 4) is 17.0 Å². The maximum atomic E-state index is 15.0. The topological polar surface area (TPSA) is 150 Å². The number of imide groups is 1. The molecule has 0 saturated carbocycles. The Morgan fingerprint density at radius 2 is 1.85 bits per heavy atom. The summed E-state index contributed by atoms with van der Waals surface area (Å²) in [7, 11) is 1.30. The fraction of sp³-hybridized carbons (Fsp3) is 0.333. The quantitative estimate of drug-likeness (QED) is 0.286. The Hall–Kier alpha value is -5.60. The van der Waals surface area contributed by atoms with E-state index in [1.165, 1.54) is 42.9 Å². The third-order valence-corrected chi connectivity index (χ3v) is 8.88. The first-order chi connectivity index (χ1) is 22.9. The monoisotopic (exact) mass is 659 g/mol. The standard InChI is InChI=1S/C33H31F2N7O6/c1-32(2,35)30(45)41-12-10-40(11-13-41)25-14-18(8-9-36-25)20-5-7-22-21(37-20)15-24(48-22)33(29(44)38-31(46)39-33)17-42-16-19-4-6-23(47-3)27(34)26(19)28(42)43/h4-9,14-15H,10-13,16-17H2,1-3H3,(H2,38,39,44,46). The van der Waals surface area contributed by atoms with E-state index in [0.29, 0.717) is 54.4 Å². The van der Waals surface area contributed by atoms with E-state index in [0.717, 1.165) is 5.56 Å². The lowest BCUT2D eigenvalue weighted by Crippen LogP contribution is -2.53. The number of methoxy groups -OCH3 is 1. The van der Waals surface area contributed by atoms with Crippen molar-refractivity contribution in [3.05, 3.63) is 71.4 Å². The van der Waals surface area contributed by atoms with Gasteiger partial charge in [0.25, 0.3) is 17.7 Å². The summed E-state index contributed by atoms with van der Waals surface area (Å²) >= 11 is 0. The van der Waals surface area contributed by atoms with Crippen LogP contribution in [0.4, 0.5) is 19.4 Å². The average molecular weight is 660 g/mol. The van der Waals surface area contributed by atoms with Crippen LogP contribution in [-0.2, 0) is 21.7 Å². The molecule has 4 aromatic rings. The van der Waals surface area contributed by atoms with Crippen molar-refractivity contribution in [3.63, 3.8) is 0 Å². The van der Waals surface area contributed by atoms with E-state index < -0.39 is 40.8 Å². The molecule has 1 atom stereocenters. The van der Waals surface area contributed by atoms with Gasteiger partial charge < -0.3 is 29.2 Å². The van der Waals surface area contributed by atoms with Gasteiger partial charge in [-0.2, -0.15) is 0 Å². The van der Waals surface area contributed by atoms with Gasteiger partial charge in [-0.3, -0.25) is 19.7 Å². The number of carbonyl (C=O) groups excluding carboxylic acids is 4. The van der Waals surface area contributed by atoms with Gasteiger partial charge in [0.2, 0.25) is 0 Å². The van der Waals surface area contributed by atoms with Crippen LogP contribution in [0.3, 0.4) is 0 Å². The number of aromatic nitrogens is 2. The Morgan fingerprint density at radius 1 is 1.08 bits per heavy atom. The van der Waals surface area contributed by atoms with Crippen LogP contribution in [0.1, 0.15) is 35.5 Å². The molecule has 13 nitrogen and oxygen atoms in total. The van der Waals surface area contributed by atoms with E-state index in [4.69, 9.17) is 14.1 Å². The number of carbonyl (C=O) groups is 4. The number of alkyl halides is 1. The van der Waals surface area contributed by atoms with Crippen LogP contribution in [0, 0.1) is 5.82 Å². The molecule has 2 N–H and O–H groups in total. The first-order valence-corrected chi connectivity index (χ1v) is 15.3. The minimum Gasteiger partial charge on any atom is -0.494 e. The van der Waals surface area contributed by atoms with E-state index in [2.05, 4.69) is 15.6 Å². The number of nitrogens with zero attached hydrogens (tertiary/aromatic N) is 5. The zero-order valence-corrected chi connectivity index (χ0v) is 26.3. The summed E-state index contributed by atoms with van der Waals surface area (Å²) in [6, 6.07) is 10.9. The zero-order chi connectivity index (χ0) is 34.0. The summed E-state index contributed by atoms with van der Waals surface area (Å²) in [6.45, 7) is 3.88. The molecular weight excluding hydrogens is 628 g/mol. The molecule has 3 aliphatic rings. The van der Waals surface area contributed by atoms with Gasteiger partial charge in [0.15, 0.2) is 28.4 Å². The number of amides is 5. The molecule has 0 spiro atoms. The van der Waals surface area contributed by atoms with E-state index in [1.807, 2.05) is 11.0 Å². The minimum atomic E-state index is -1.93. The summed E-state index contributed by atoms with van der Waals surface area (Å²) in [4.78, 5) is 65.5. The highest BCUT2D eigenvalue weighted by Gasteiger charge is 2.53. The zero-order valence-electron chi connectivity index (χ0n) is 26.3. The summed E-state index contributed by atoms with van der Waals surface area (Å²) in [6.07, 6.45) is 1.65. The SMILES string of the molecule is COc1ccc2c(c1F)C(=O)N(CC1(c3cc4nc(-c5ccnc(N6CCN(C(=O)C(C)(C)F)CC6)c5)ccc4o3)NC(=O)NC1=O)C2. The van der Waals surface area contributed by atoms with Gasteiger partial charge in [0.1, 0.15) is 17.1 Å². The fourth-order valence-corrected chi connectivity index (χ4v) is 6.38. The second-order valence-electron chi connectivity index (χ2n) is 12.4. The second kappa shape index (κ2) is 11.3. The lowest BCUT2D eigenvalue weighted by molar-refractivity contribution is -0.142. The molecule has 1 aromatic carbocycles. The molecule has 0 bridgehead atoms. The van der Waals surface area contributed by atoms with Gasteiger partial charge in [-0.15, -0.1) is 0 Å². The van der Waals surface area contributed by atoms with Crippen LogP contribution in [0.15, 0.2) is 53.1 Å². The number of nitrogens with one attached hydrogen (secondary N) is 2. The molecule has 248 valence electrons. The number of anilines is 1. The number of urea groups is 1. The van der Waals surface area contributed by atoms with Gasteiger partial charge in [0.05, 0.1) is 24.9 Å². The van der Waals surface area contributed by atoms with Crippen molar-refractivity contribution in [2.75, 3.05) is 44.7 Å². The highest BCUT2D eigenvalue weighted by molar-refractivity contribution is 6.08. The number of halogens is 2. The van der Waals surface area contributed by atoms with Crippen LogP contribution in [-0.4, -0.2) is 89.0 Å². The summed E-state index contributed by atoms with van der Waals surface area (Å²) < 4.78 is 40.3. The minimum absolute atomic E-state index is 0.00613. The molecule has 0 radical (unpaired) electrons. The molecule has 7 rings (SSSR count). The van der Waals surface area contributed by atoms with Crippen LogP contribution in [0.5, 0.6) is 5.75 Å². The maximum absolute atomic E-state index is 15.0. The predicted octanol–water partition coefficient (Wildman–Crippen LogP) is 3.12. The van der Waals surface area contributed by atoms with Gasteiger partial charge in [0, 0.05) is 50.6 Å². The molecule has 15 heteroatoms. The molecule has 2 fully saturated rings. The van der Waals surface area contributed by atoms with Crippen molar-refractivity contribution >= 4 is 40.7 Å². The number of piperazine rings is 1. The summed E-state index contributed by atoms with van der Waals surface area (Å²) in [5, 5.41) is 4.85. The lowest BCUT2D eigenvalue weighted by atomic mass is 9.95. The smallest absolute Gasteiger partial charge is 0.322 e. The molecule has 3 aliphatic heterocycles. The normalized spacial score (nSPS) is 19.5. The molecule has 2 saturated heterocycles. The molecule has 1 unspecified atom stereocenters. The number of benzene rings is 1. The largest absolute Gasteiger partial charge is 0.494 e. The Labute approximate surface area is 272 Å². The van der Waals surface area contributed by atoms with Crippen LogP contribution in [0.2, 0.25) is 0 Å². The van der Waals surface area contributed by atoms with Gasteiger partial charge in [-0.05, 0) is 49.7 Å². The number of rotatable bonds is 7. The lowest BCUT2D eigenvalue weighted by Gasteiger charge is -2.37. The maximum Gasteiger partial charge on any atom is 0.322 e. The molecular formula is C33H31F2N7O6. The first-order valence-electron chi connectivity index (χ1n) is 15.3. The van der Waals surface area contributed by atoms with Crippen LogP contribution in [0.25, 0.3) is 22.4 Å². The third-order valence-electron chi connectivity index (χ3n) is 8.88. The van der Waals surface area contributed by atoms with E-state index >= 15 is 4.39 Å². The van der Waals surface area contributed by atoms with E-state index in [-0.39, 0.29) is 30.2 Å². The molecule has 48 heavy (non-hydrogen) atoms. The molecule has 0 aliphatic carbocycles. The van der Waals surface area contributed by atoms with Crippen molar-refractivity contribution in [1.82, 2.24) is 30.4 Å². The second-order valence-corrected chi connectivity index (χ2v) is 12.4. The summed E-state index contributed by atoms with van der Waals surface area (Å²) in [5.74, 6) is -2.08. The summed E-state index contributed by atoms with van der Waals surface area (Å²) in [5.41, 5.74) is -1.42.